The van der Waals surface area contributed by atoms with Gasteiger partial charge in [-0.25, -0.2) is 13.4 Å². The fourth-order valence-corrected chi connectivity index (χ4v) is 7.75. The summed E-state index contributed by atoms with van der Waals surface area (Å²) in [6.45, 7) is 3.48. The number of nitrogens with one attached hydrogen (secondary N) is 3. The zero-order chi connectivity index (χ0) is 29.9. The van der Waals surface area contributed by atoms with E-state index in [0.717, 1.165) is 49.3 Å². The van der Waals surface area contributed by atoms with E-state index in [1.807, 2.05) is 30.3 Å². The van der Waals surface area contributed by atoms with Gasteiger partial charge in [0, 0.05) is 31.9 Å². The smallest absolute Gasteiger partial charge is 0.324 e. The number of benzene rings is 2. The van der Waals surface area contributed by atoms with Crippen molar-refractivity contribution >= 4 is 33.4 Å². The van der Waals surface area contributed by atoms with E-state index in [9.17, 15) is 23.1 Å². The van der Waals surface area contributed by atoms with Crippen molar-refractivity contribution < 1.29 is 28.0 Å². The molecule has 1 aromatic heterocycles. The van der Waals surface area contributed by atoms with E-state index in [2.05, 4.69) is 25.8 Å². The summed E-state index contributed by atoms with van der Waals surface area (Å²) < 4.78 is 27.2. The van der Waals surface area contributed by atoms with Crippen LogP contribution in [0.2, 0.25) is 0 Å². The van der Waals surface area contributed by atoms with Crippen LogP contribution in [0.25, 0.3) is 11.1 Å². The number of amides is 1. The first-order valence-electron chi connectivity index (χ1n) is 14.0. The van der Waals surface area contributed by atoms with Crippen LogP contribution < -0.4 is 10.6 Å². The monoisotopic (exact) mass is 593 g/mol. The lowest BCUT2D eigenvalue weighted by atomic mass is 9.76. The molecule has 42 heavy (non-hydrogen) atoms. The number of carbonyl (C=O) groups is 2. The van der Waals surface area contributed by atoms with Gasteiger partial charge in [0.05, 0.1) is 4.90 Å². The van der Waals surface area contributed by atoms with Crippen LogP contribution in [0.1, 0.15) is 43.2 Å². The highest BCUT2D eigenvalue weighted by molar-refractivity contribution is 7.93. The van der Waals surface area contributed by atoms with E-state index in [-0.39, 0.29) is 10.6 Å². The number of nitrogens with zero attached hydrogens (tertiary/aromatic N) is 2. The third-order valence-corrected chi connectivity index (χ3v) is 10.5. The molecule has 1 aliphatic heterocycles. The summed E-state index contributed by atoms with van der Waals surface area (Å²) in [6, 6.07) is 13.0. The Bertz CT molecular complexity index is 1560. The van der Waals surface area contributed by atoms with E-state index < -0.39 is 39.1 Å². The first kappa shape index (κ1) is 29.3. The predicted molar refractivity (Wildman–Crippen MR) is 158 cm³/mol. The second-order valence-electron chi connectivity index (χ2n) is 11.1. The number of oxime groups is 1. The van der Waals surface area contributed by atoms with Gasteiger partial charge in [0.15, 0.2) is 21.0 Å². The van der Waals surface area contributed by atoms with Gasteiger partial charge in [-0.05, 0) is 67.7 Å². The Morgan fingerprint density at radius 3 is 2.43 bits per heavy atom. The molecule has 1 spiro atoms. The molecule has 1 fully saturated rings. The molecule has 2 aromatic carbocycles. The molecule has 0 radical (unpaired) electrons. The van der Waals surface area contributed by atoms with E-state index >= 15 is 0 Å². The van der Waals surface area contributed by atoms with Crippen LogP contribution in [0.3, 0.4) is 0 Å². The standard InChI is InChI=1S/C30H35N5O6S/c1-19-14-23(22-6-4-3-5-7-22)15-20(2)26(19)42(39,40)25(28(37)38)18-33-27(36)24-16-30(41-35-24)10-8-21(9-11-30)17-34-29-31-12-13-32-29/h3-7,12-15,21,25H,8-11,16-18H2,1-2H3,(H,33,36)(H,37,38)(H2,31,32,34)/t21?,25-,30?/m0/s1. The molecule has 4 N–H and O–H groups in total. The average Bonchev–Trinajstić information content (AvgIpc) is 3.63. The number of aromatic amines is 1. The van der Waals surface area contributed by atoms with Crippen molar-refractivity contribution in [3.63, 3.8) is 0 Å². The second-order valence-corrected chi connectivity index (χ2v) is 13.2. The summed E-state index contributed by atoms with van der Waals surface area (Å²) in [6.07, 6.45) is 6.96. The predicted octanol–water partition coefficient (Wildman–Crippen LogP) is 3.85. The van der Waals surface area contributed by atoms with Gasteiger partial charge >= 0.3 is 5.97 Å². The maximum atomic E-state index is 13.6. The molecule has 0 saturated heterocycles. The number of imidazole rings is 1. The number of H-pyrrole nitrogens is 1. The van der Waals surface area contributed by atoms with Crippen molar-refractivity contribution in [3.05, 3.63) is 66.0 Å². The molecule has 2 aliphatic rings. The number of anilines is 1. The van der Waals surface area contributed by atoms with Crippen molar-refractivity contribution in [2.45, 2.75) is 61.7 Å². The second kappa shape index (κ2) is 12.0. The van der Waals surface area contributed by atoms with Gasteiger partial charge in [-0.2, -0.15) is 0 Å². The molecule has 1 aliphatic carbocycles. The number of aryl methyl sites for hydroxylation is 2. The van der Waals surface area contributed by atoms with Gasteiger partial charge in [0.1, 0.15) is 11.3 Å². The van der Waals surface area contributed by atoms with Gasteiger partial charge in [-0.1, -0.05) is 47.6 Å². The van der Waals surface area contributed by atoms with Crippen LogP contribution in [0.5, 0.6) is 0 Å². The Morgan fingerprint density at radius 2 is 1.81 bits per heavy atom. The number of carboxylic acids is 1. The Labute approximate surface area is 244 Å². The van der Waals surface area contributed by atoms with Gasteiger partial charge in [0.25, 0.3) is 5.91 Å². The molecular formula is C30H35N5O6S. The van der Waals surface area contributed by atoms with Crippen LogP contribution in [0.4, 0.5) is 5.95 Å². The van der Waals surface area contributed by atoms with Crippen molar-refractivity contribution in [2.24, 2.45) is 11.1 Å². The summed E-state index contributed by atoms with van der Waals surface area (Å²) >= 11 is 0. The van der Waals surface area contributed by atoms with Crippen LogP contribution in [0.15, 0.2) is 64.9 Å². The summed E-state index contributed by atoms with van der Waals surface area (Å²) in [5, 5.41) is 17.8. The van der Waals surface area contributed by atoms with Crippen molar-refractivity contribution in [1.82, 2.24) is 15.3 Å². The minimum Gasteiger partial charge on any atom is -0.480 e. The minimum absolute atomic E-state index is 0.0392. The first-order valence-corrected chi connectivity index (χ1v) is 15.5. The van der Waals surface area contributed by atoms with E-state index in [4.69, 9.17) is 4.84 Å². The van der Waals surface area contributed by atoms with Crippen LogP contribution in [0, 0.1) is 19.8 Å². The zero-order valence-corrected chi connectivity index (χ0v) is 24.4. The molecular weight excluding hydrogens is 558 g/mol. The molecule has 0 unspecified atom stereocenters. The molecule has 12 heteroatoms. The number of carboxylic acid groups (broad SMARTS) is 1. The lowest BCUT2D eigenvalue weighted by molar-refractivity contribution is -0.136. The quantitative estimate of drug-likeness (QED) is 0.275. The molecule has 1 saturated carbocycles. The lowest BCUT2D eigenvalue weighted by Gasteiger charge is -2.34. The summed E-state index contributed by atoms with van der Waals surface area (Å²) in [4.78, 5) is 38.0. The molecule has 0 bridgehead atoms. The number of aliphatic carboxylic acids is 1. The third-order valence-electron chi connectivity index (χ3n) is 8.12. The first-order chi connectivity index (χ1) is 20.1. The number of hydrogen-bond donors (Lipinski definition) is 4. The van der Waals surface area contributed by atoms with E-state index in [1.54, 1.807) is 38.4 Å². The molecule has 1 atom stereocenters. The Balaban J connectivity index is 1.20. The topological polar surface area (TPSA) is 163 Å². The van der Waals surface area contributed by atoms with Gasteiger partial charge in [-0.15, -0.1) is 0 Å². The van der Waals surface area contributed by atoms with Crippen molar-refractivity contribution in [2.75, 3.05) is 18.4 Å². The van der Waals surface area contributed by atoms with Crippen LogP contribution in [-0.2, 0) is 24.3 Å². The lowest BCUT2D eigenvalue weighted by Crippen LogP contribution is -2.44. The number of hydrogen-bond acceptors (Lipinski definition) is 8. The molecule has 2 heterocycles. The number of aromatic nitrogens is 2. The summed E-state index contributed by atoms with van der Waals surface area (Å²) in [5.41, 5.74) is 2.21. The highest BCUT2D eigenvalue weighted by Gasteiger charge is 2.44. The Morgan fingerprint density at radius 1 is 1.12 bits per heavy atom. The molecule has 1 amide bonds. The van der Waals surface area contributed by atoms with E-state index in [0.29, 0.717) is 23.5 Å². The zero-order valence-electron chi connectivity index (χ0n) is 23.6. The molecule has 222 valence electrons. The van der Waals surface area contributed by atoms with Crippen LogP contribution in [-0.4, -0.2) is 65.0 Å². The largest absolute Gasteiger partial charge is 0.480 e. The summed E-state index contributed by atoms with van der Waals surface area (Å²) in [7, 11) is -4.33. The van der Waals surface area contributed by atoms with Gasteiger partial charge < -0.3 is 25.6 Å². The maximum absolute atomic E-state index is 13.6. The minimum atomic E-state index is -4.33. The SMILES string of the molecule is Cc1cc(-c2ccccc2)cc(C)c1S(=O)(=O)[C@@H](CNC(=O)C1=NOC2(CCC(CNc3ncc[nH]3)CC2)C1)C(=O)O. The van der Waals surface area contributed by atoms with E-state index in [1.165, 1.54) is 0 Å². The normalized spacial score (nSPS) is 20.9. The van der Waals surface area contributed by atoms with Crippen molar-refractivity contribution in [1.29, 1.82) is 0 Å². The number of sulfone groups is 1. The number of carbonyl (C=O) groups excluding carboxylic acids is 1. The van der Waals surface area contributed by atoms with Crippen LogP contribution >= 0.6 is 0 Å². The van der Waals surface area contributed by atoms with Gasteiger partial charge in [0.2, 0.25) is 0 Å². The average molecular weight is 594 g/mol. The third kappa shape index (κ3) is 6.18. The molecule has 5 rings (SSSR count). The Hall–Kier alpha value is -4.19. The number of rotatable bonds is 10. The highest BCUT2D eigenvalue weighted by atomic mass is 32.2. The van der Waals surface area contributed by atoms with Gasteiger partial charge in [-0.3, -0.25) is 9.59 Å². The Kier molecular flexibility index (Phi) is 8.35. The highest BCUT2D eigenvalue weighted by Crippen LogP contribution is 2.40. The maximum Gasteiger partial charge on any atom is 0.324 e. The summed E-state index contributed by atoms with van der Waals surface area (Å²) in [5.74, 6) is -1.00. The fourth-order valence-electron chi connectivity index (χ4n) is 5.88. The molecule has 11 nitrogen and oxygen atoms in total. The molecule has 3 aromatic rings. The fraction of sp³-hybridized carbons (Fsp3) is 0.400. The van der Waals surface area contributed by atoms with Crippen molar-refractivity contribution in [3.8, 4) is 11.1 Å².